The predicted molar refractivity (Wildman–Crippen MR) is 65.4 cm³/mol. The van der Waals surface area contributed by atoms with Crippen molar-refractivity contribution >= 4 is 10.0 Å². The molecule has 0 heterocycles. The fourth-order valence-corrected chi connectivity index (χ4v) is 2.22. The van der Waals surface area contributed by atoms with Gasteiger partial charge in [0, 0.05) is 20.7 Å². The van der Waals surface area contributed by atoms with Crippen LogP contribution in [0.1, 0.15) is 13.8 Å². The summed E-state index contributed by atoms with van der Waals surface area (Å²) < 4.78 is 34.5. The zero-order valence-electron chi connectivity index (χ0n) is 10.9. The Labute approximate surface area is 104 Å². The number of hydrogen-bond donors (Lipinski definition) is 1. The Hall–Kier alpha value is -0.210. The number of aliphatic hydroxyl groups excluding tert-OH is 1. The van der Waals surface area contributed by atoms with Gasteiger partial charge in [0.15, 0.2) is 0 Å². The number of ether oxygens (including phenoxy) is 2. The molecule has 0 rings (SSSR count). The maximum Gasteiger partial charge on any atom is 0.216 e. The molecule has 0 bridgehead atoms. The van der Waals surface area contributed by atoms with Crippen molar-refractivity contribution in [3.05, 3.63) is 0 Å². The summed E-state index contributed by atoms with van der Waals surface area (Å²) in [5.74, 6) is -0.0820. The third-order valence-corrected chi connectivity index (χ3v) is 3.88. The molecular formula is C10H23NO5S. The van der Waals surface area contributed by atoms with Gasteiger partial charge in [0.25, 0.3) is 0 Å². The highest BCUT2D eigenvalue weighted by molar-refractivity contribution is 7.89. The molecule has 6 nitrogen and oxygen atoms in total. The van der Waals surface area contributed by atoms with Crippen LogP contribution < -0.4 is 0 Å². The zero-order valence-corrected chi connectivity index (χ0v) is 11.7. The maximum atomic E-state index is 11.7. The smallest absolute Gasteiger partial charge is 0.216 e. The zero-order chi connectivity index (χ0) is 13.5. The number of likely N-dealkylation sites (N-methyl/N-ethyl adjacent to an activating group) is 1. The average molecular weight is 269 g/mol. The monoisotopic (exact) mass is 269 g/mol. The summed E-state index contributed by atoms with van der Waals surface area (Å²) in [5, 5.41) is 9.43. The van der Waals surface area contributed by atoms with Crippen LogP contribution in [0.25, 0.3) is 0 Å². The normalized spacial score (nSPS) is 14.5. The lowest BCUT2D eigenvalue weighted by Crippen LogP contribution is -2.38. The van der Waals surface area contributed by atoms with Gasteiger partial charge in [-0.2, -0.15) is 0 Å². The quantitative estimate of drug-likeness (QED) is 0.621. The van der Waals surface area contributed by atoms with Crippen molar-refractivity contribution in [2.45, 2.75) is 26.1 Å². The number of methoxy groups -OCH3 is 1. The van der Waals surface area contributed by atoms with Crippen LogP contribution in [-0.4, -0.2) is 69.7 Å². The van der Waals surface area contributed by atoms with Crippen LogP contribution in [0.3, 0.4) is 0 Å². The van der Waals surface area contributed by atoms with Crippen molar-refractivity contribution < 1.29 is 23.0 Å². The molecule has 0 aliphatic rings. The molecule has 0 aliphatic carbocycles. The summed E-state index contributed by atoms with van der Waals surface area (Å²) in [4.78, 5) is 0. The van der Waals surface area contributed by atoms with Gasteiger partial charge in [0.1, 0.15) is 0 Å². The third-order valence-electron chi connectivity index (χ3n) is 2.09. The molecule has 0 fully saturated rings. The van der Waals surface area contributed by atoms with E-state index < -0.39 is 16.1 Å². The Morgan fingerprint density at radius 2 is 1.94 bits per heavy atom. The highest BCUT2D eigenvalue weighted by atomic mass is 32.2. The summed E-state index contributed by atoms with van der Waals surface area (Å²) in [6.45, 7) is 3.99. The SMILES string of the molecule is COCC(O)CN(C)S(=O)(=O)CCOC(C)C. The molecule has 0 saturated carbocycles. The highest BCUT2D eigenvalue weighted by Crippen LogP contribution is 2.01. The van der Waals surface area contributed by atoms with Crippen molar-refractivity contribution in [1.29, 1.82) is 0 Å². The summed E-state index contributed by atoms with van der Waals surface area (Å²) in [6, 6.07) is 0. The topological polar surface area (TPSA) is 76.1 Å². The molecule has 1 N–H and O–H groups in total. The first kappa shape index (κ1) is 16.8. The molecule has 7 heteroatoms. The molecule has 1 atom stereocenters. The van der Waals surface area contributed by atoms with E-state index in [0.29, 0.717) is 0 Å². The van der Waals surface area contributed by atoms with Gasteiger partial charge in [-0.3, -0.25) is 0 Å². The van der Waals surface area contributed by atoms with Crippen molar-refractivity contribution in [3.8, 4) is 0 Å². The Kier molecular flexibility index (Phi) is 7.89. The van der Waals surface area contributed by atoms with Gasteiger partial charge in [0.05, 0.1) is 31.2 Å². The van der Waals surface area contributed by atoms with E-state index in [1.54, 1.807) is 0 Å². The van der Waals surface area contributed by atoms with E-state index >= 15 is 0 Å². The van der Waals surface area contributed by atoms with Crippen molar-refractivity contribution in [2.75, 3.05) is 39.7 Å². The van der Waals surface area contributed by atoms with Gasteiger partial charge in [-0.1, -0.05) is 0 Å². The molecule has 0 spiro atoms. The molecule has 17 heavy (non-hydrogen) atoms. The van der Waals surface area contributed by atoms with Crippen molar-refractivity contribution in [2.24, 2.45) is 0 Å². The highest BCUT2D eigenvalue weighted by Gasteiger charge is 2.20. The molecule has 0 saturated heterocycles. The Balaban J connectivity index is 4.11. The molecule has 1 unspecified atom stereocenters. The number of hydrogen-bond acceptors (Lipinski definition) is 5. The van der Waals surface area contributed by atoms with E-state index in [9.17, 15) is 13.5 Å². The third kappa shape index (κ3) is 7.67. The summed E-state index contributed by atoms with van der Waals surface area (Å²) in [5.41, 5.74) is 0. The summed E-state index contributed by atoms with van der Waals surface area (Å²) in [7, 11) is -0.490. The fourth-order valence-electron chi connectivity index (χ4n) is 1.20. The van der Waals surface area contributed by atoms with Crippen LogP contribution in [0.5, 0.6) is 0 Å². The number of rotatable bonds is 9. The number of aliphatic hydroxyl groups is 1. The van der Waals surface area contributed by atoms with Gasteiger partial charge in [0.2, 0.25) is 10.0 Å². The Morgan fingerprint density at radius 1 is 1.35 bits per heavy atom. The van der Waals surface area contributed by atoms with Crippen LogP contribution >= 0.6 is 0 Å². The van der Waals surface area contributed by atoms with Gasteiger partial charge in [-0.25, -0.2) is 12.7 Å². The van der Waals surface area contributed by atoms with E-state index in [1.807, 2.05) is 13.8 Å². The van der Waals surface area contributed by atoms with Gasteiger partial charge < -0.3 is 14.6 Å². The van der Waals surface area contributed by atoms with Gasteiger partial charge >= 0.3 is 0 Å². The Bertz CT molecular complexity index is 291. The van der Waals surface area contributed by atoms with Crippen LogP contribution in [0.2, 0.25) is 0 Å². The van der Waals surface area contributed by atoms with E-state index in [-0.39, 0.29) is 31.6 Å². The first-order chi connectivity index (χ1) is 7.79. The fraction of sp³-hybridized carbons (Fsp3) is 1.00. The lowest BCUT2D eigenvalue weighted by Gasteiger charge is -2.20. The molecule has 0 aromatic rings. The lowest BCUT2D eigenvalue weighted by molar-refractivity contribution is 0.0549. The number of sulfonamides is 1. The molecule has 0 aliphatic heterocycles. The molecular weight excluding hydrogens is 246 g/mol. The van der Waals surface area contributed by atoms with Crippen molar-refractivity contribution in [3.63, 3.8) is 0 Å². The summed E-state index contributed by atoms with van der Waals surface area (Å²) >= 11 is 0. The Morgan fingerprint density at radius 3 is 2.41 bits per heavy atom. The van der Waals surface area contributed by atoms with Crippen molar-refractivity contribution in [1.82, 2.24) is 4.31 Å². The maximum absolute atomic E-state index is 11.7. The van der Waals surface area contributed by atoms with E-state index in [2.05, 4.69) is 0 Å². The second-order valence-corrected chi connectivity index (χ2v) is 6.32. The van der Waals surface area contributed by atoms with Crippen LogP contribution in [-0.2, 0) is 19.5 Å². The second-order valence-electron chi connectivity index (χ2n) is 4.13. The summed E-state index contributed by atoms with van der Waals surface area (Å²) in [6.07, 6.45) is -0.805. The average Bonchev–Trinajstić information content (AvgIpc) is 2.16. The standard InChI is InChI=1S/C10H23NO5S/c1-9(2)16-5-6-17(13,14)11(3)7-10(12)8-15-4/h9-10,12H,5-8H2,1-4H3. The molecule has 0 aromatic heterocycles. The largest absolute Gasteiger partial charge is 0.389 e. The van der Waals surface area contributed by atoms with Crippen LogP contribution in [0, 0.1) is 0 Å². The van der Waals surface area contributed by atoms with Crippen LogP contribution in [0.4, 0.5) is 0 Å². The first-order valence-electron chi connectivity index (χ1n) is 5.52. The minimum atomic E-state index is -3.38. The lowest BCUT2D eigenvalue weighted by atomic mass is 10.4. The number of nitrogens with zero attached hydrogens (tertiary/aromatic N) is 1. The molecule has 0 amide bonds. The molecule has 104 valence electrons. The predicted octanol–water partition coefficient (Wildman–Crippen LogP) is -0.320. The minimum Gasteiger partial charge on any atom is -0.389 e. The van der Waals surface area contributed by atoms with E-state index in [4.69, 9.17) is 9.47 Å². The van der Waals surface area contributed by atoms with E-state index in [0.717, 1.165) is 4.31 Å². The van der Waals surface area contributed by atoms with E-state index in [1.165, 1.54) is 14.2 Å². The van der Waals surface area contributed by atoms with Gasteiger partial charge in [-0.05, 0) is 13.8 Å². The molecule has 0 aromatic carbocycles. The molecule has 0 radical (unpaired) electrons. The second kappa shape index (κ2) is 7.99. The minimum absolute atomic E-state index is 0.00888. The first-order valence-corrected chi connectivity index (χ1v) is 7.13. The van der Waals surface area contributed by atoms with Crippen LogP contribution in [0.15, 0.2) is 0 Å². The van der Waals surface area contributed by atoms with Gasteiger partial charge in [-0.15, -0.1) is 0 Å².